The van der Waals surface area contributed by atoms with Crippen molar-refractivity contribution in [1.82, 2.24) is 10.2 Å². The number of carbonyl (C=O) groups is 4. The van der Waals surface area contributed by atoms with Gasteiger partial charge in [-0.1, -0.05) is 57.5 Å². The molecule has 0 aromatic heterocycles. The molecular formula is C28H35N3O5. The zero-order valence-corrected chi connectivity index (χ0v) is 21.4. The van der Waals surface area contributed by atoms with Crippen molar-refractivity contribution in [3.05, 3.63) is 42.5 Å². The number of rotatable bonds is 7. The fourth-order valence-corrected chi connectivity index (χ4v) is 5.27. The van der Waals surface area contributed by atoms with Gasteiger partial charge >= 0.3 is 12.0 Å². The van der Waals surface area contributed by atoms with Crippen LogP contribution in [-0.4, -0.2) is 46.9 Å². The number of nitrogens with zero attached hydrogens (tertiary/aromatic N) is 1. The first-order valence-electron chi connectivity index (χ1n) is 12.7. The second kappa shape index (κ2) is 9.91. The van der Waals surface area contributed by atoms with Crippen molar-refractivity contribution < 1.29 is 23.9 Å². The van der Waals surface area contributed by atoms with Gasteiger partial charge in [0.25, 0.3) is 11.8 Å². The number of nitrogens with one attached hydrogen (secondary N) is 2. The number of urea groups is 1. The Hall–Kier alpha value is -3.42. The van der Waals surface area contributed by atoms with Crippen molar-refractivity contribution in [3.63, 3.8) is 0 Å². The van der Waals surface area contributed by atoms with E-state index in [0.29, 0.717) is 24.4 Å². The van der Waals surface area contributed by atoms with Gasteiger partial charge < -0.3 is 15.4 Å². The van der Waals surface area contributed by atoms with Crippen LogP contribution in [0.25, 0.3) is 10.8 Å². The van der Waals surface area contributed by atoms with Crippen LogP contribution in [0.5, 0.6) is 0 Å². The van der Waals surface area contributed by atoms with Crippen LogP contribution in [0.4, 0.5) is 10.5 Å². The summed E-state index contributed by atoms with van der Waals surface area (Å²) in [5.41, 5.74) is -0.184. The highest BCUT2D eigenvalue weighted by atomic mass is 16.5. The summed E-state index contributed by atoms with van der Waals surface area (Å²) in [7, 11) is 0. The number of anilines is 1. The number of benzene rings is 2. The fraction of sp³-hybridized carbons (Fsp3) is 0.500. The molecule has 36 heavy (non-hydrogen) atoms. The van der Waals surface area contributed by atoms with Crippen molar-refractivity contribution in [2.75, 3.05) is 11.9 Å². The maximum Gasteiger partial charge on any atom is 0.327 e. The standard InChI is InChI=1S/C28H35N3O5/c1-5-27(3,4)21-12-14-28(15-13-21)25(34)31(26(35)30-28)17-23(32)36-18(2)24(33)29-22-11-10-19-8-6-7-9-20(19)16-22/h6-11,16,18,21H,5,12-15,17H2,1-4H3,(H,29,33)(H,30,35). The first-order chi connectivity index (χ1) is 17.0. The molecule has 8 nitrogen and oxygen atoms in total. The molecule has 1 saturated heterocycles. The van der Waals surface area contributed by atoms with Gasteiger partial charge in [-0.3, -0.25) is 19.3 Å². The molecule has 2 N–H and O–H groups in total. The lowest BCUT2D eigenvalue weighted by Gasteiger charge is -2.42. The highest BCUT2D eigenvalue weighted by molar-refractivity contribution is 6.09. The number of esters is 1. The normalized spacial score (nSPS) is 23.0. The number of hydrogen-bond donors (Lipinski definition) is 2. The van der Waals surface area contributed by atoms with E-state index in [1.165, 1.54) is 6.92 Å². The predicted molar refractivity (Wildman–Crippen MR) is 137 cm³/mol. The number of ether oxygens (including phenoxy) is 1. The molecule has 1 heterocycles. The van der Waals surface area contributed by atoms with Gasteiger partial charge in [0.05, 0.1) is 0 Å². The van der Waals surface area contributed by atoms with Crippen molar-refractivity contribution in [3.8, 4) is 0 Å². The van der Waals surface area contributed by atoms with Crippen molar-refractivity contribution in [2.45, 2.75) is 71.4 Å². The van der Waals surface area contributed by atoms with Gasteiger partial charge in [0.1, 0.15) is 12.1 Å². The largest absolute Gasteiger partial charge is 0.451 e. The van der Waals surface area contributed by atoms with Crippen LogP contribution in [0.2, 0.25) is 0 Å². The average molecular weight is 494 g/mol. The van der Waals surface area contributed by atoms with E-state index in [0.717, 1.165) is 34.9 Å². The van der Waals surface area contributed by atoms with E-state index in [-0.39, 0.29) is 11.3 Å². The first kappa shape index (κ1) is 25.7. The molecule has 1 aliphatic heterocycles. The topological polar surface area (TPSA) is 105 Å². The first-order valence-corrected chi connectivity index (χ1v) is 12.7. The van der Waals surface area contributed by atoms with E-state index in [2.05, 4.69) is 31.4 Å². The highest BCUT2D eigenvalue weighted by Gasteiger charge is 2.54. The van der Waals surface area contributed by atoms with Crippen LogP contribution in [0.15, 0.2) is 42.5 Å². The molecule has 1 saturated carbocycles. The van der Waals surface area contributed by atoms with Crippen LogP contribution in [-0.2, 0) is 19.1 Å². The summed E-state index contributed by atoms with van der Waals surface area (Å²) in [6.45, 7) is 7.58. The fourth-order valence-electron chi connectivity index (χ4n) is 5.27. The van der Waals surface area contributed by atoms with Gasteiger partial charge in [-0.05, 0) is 66.8 Å². The lowest BCUT2D eigenvalue weighted by molar-refractivity contribution is -0.155. The minimum Gasteiger partial charge on any atom is -0.451 e. The van der Waals surface area contributed by atoms with E-state index in [9.17, 15) is 19.2 Å². The molecule has 2 aliphatic rings. The van der Waals surface area contributed by atoms with Crippen LogP contribution in [0.3, 0.4) is 0 Å². The Bertz CT molecular complexity index is 1180. The lowest BCUT2D eigenvalue weighted by Crippen LogP contribution is -2.51. The number of carbonyl (C=O) groups excluding carboxylic acids is 4. The van der Waals surface area contributed by atoms with Gasteiger partial charge in [-0.2, -0.15) is 0 Å². The van der Waals surface area contributed by atoms with Crippen LogP contribution in [0, 0.1) is 11.3 Å². The van der Waals surface area contributed by atoms with Gasteiger partial charge in [-0.25, -0.2) is 4.79 Å². The summed E-state index contributed by atoms with van der Waals surface area (Å²) < 4.78 is 5.26. The van der Waals surface area contributed by atoms with Crippen molar-refractivity contribution in [1.29, 1.82) is 0 Å². The van der Waals surface area contributed by atoms with Gasteiger partial charge in [0, 0.05) is 5.69 Å². The third kappa shape index (κ3) is 5.08. The number of fused-ring (bicyclic) bond motifs is 1. The molecule has 1 aliphatic carbocycles. The predicted octanol–water partition coefficient (Wildman–Crippen LogP) is 4.63. The maximum absolute atomic E-state index is 13.2. The second-order valence-electron chi connectivity index (χ2n) is 10.7. The number of hydrogen-bond acceptors (Lipinski definition) is 5. The van der Waals surface area contributed by atoms with Gasteiger partial charge in [0.2, 0.25) is 0 Å². The van der Waals surface area contributed by atoms with Crippen molar-refractivity contribution in [2.24, 2.45) is 11.3 Å². The third-order valence-electron chi connectivity index (χ3n) is 8.08. The summed E-state index contributed by atoms with van der Waals surface area (Å²) in [6.07, 6.45) is 2.76. The lowest BCUT2D eigenvalue weighted by atomic mass is 9.65. The van der Waals surface area contributed by atoms with Gasteiger partial charge in [0.15, 0.2) is 6.10 Å². The Balaban J connectivity index is 1.32. The molecule has 8 heteroatoms. The van der Waals surface area contributed by atoms with E-state index in [4.69, 9.17) is 4.74 Å². The summed E-state index contributed by atoms with van der Waals surface area (Å²) in [4.78, 5) is 51.8. The van der Waals surface area contributed by atoms with Gasteiger partial charge in [-0.15, -0.1) is 0 Å². The molecule has 0 bridgehead atoms. The molecule has 2 aromatic carbocycles. The Labute approximate surface area is 211 Å². The second-order valence-corrected chi connectivity index (χ2v) is 10.7. The molecule has 2 fully saturated rings. The highest BCUT2D eigenvalue weighted by Crippen LogP contribution is 2.45. The van der Waals surface area contributed by atoms with E-state index >= 15 is 0 Å². The molecule has 192 valence electrons. The van der Waals surface area contributed by atoms with Crippen LogP contribution >= 0.6 is 0 Å². The monoisotopic (exact) mass is 493 g/mol. The molecule has 2 aromatic rings. The zero-order valence-electron chi connectivity index (χ0n) is 21.4. The van der Waals surface area contributed by atoms with Crippen LogP contribution < -0.4 is 10.6 Å². The summed E-state index contributed by atoms with van der Waals surface area (Å²) in [5.74, 6) is -1.20. The molecule has 4 amide bonds. The van der Waals surface area contributed by atoms with E-state index < -0.39 is 36.1 Å². The molecular weight excluding hydrogens is 458 g/mol. The molecule has 1 unspecified atom stereocenters. The smallest absolute Gasteiger partial charge is 0.327 e. The Kier molecular flexibility index (Phi) is 7.07. The molecule has 1 spiro atoms. The Morgan fingerprint density at radius 1 is 1.14 bits per heavy atom. The van der Waals surface area contributed by atoms with E-state index in [1.54, 1.807) is 6.07 Å². The number of amides is 4. The Morgan fingerprint density at radius 2 is 1.81 bits per heavy atom. The third-order valence-corrected chi connectivity index (χ3v) is 8.08. The Morgan fingerprint density at radius 3 is 2.47 bits per heavy atom. The minimum absolute atomic E-state index is 0.181. The van der Waals surface area contributed by atoms with Crippen LogP contribution in [0.1, 0.15) is 59.8 Å². The number of imide groups is 1. The summed E-state index contributed by atoms with van der Waals surface area (Å²) in [5, 5.41) is 7.60. The summed E-state index contributed by atoms with van der Waals surface area (Å²) in [6, 6.07) is 12.7. The zero-order chi connectivity index (χ0) is 26.1. The quantitative estimate of drug-likeness (QED) is 0.432. The molecule has 1 atom stereocenters. The van der Waals surface area contributed by atoms with Crippen molar-refractivity contribution >= 4 is 40.3 Å². The minimum atomic E-state index is -1.09. The average Bonchev–Trinajstić information content (AvgIpc) is 3.07. The van der Waals surface area contributed by atoms with E-state index in [1.807, 2.05) is 36.4 Å². The summed E-state index contributed by atoms with van der Waals surface area (Å²) >= 11 is 0. The molecule has 4 rings (SSSR count). The molecule has 0 radical (unpaired) electrons. The maximum atomic E-state index is 13.2. The SMILES string of the molecule is CCC(C)(C)C1CCC2(CC1)NC(=O)N(CC(=O)OC(C)C(=O)Nc1ccc3ccccc3c1)C2=O.